The van der Waals surface area contributed by atoms with Crippen LogP contribution in [0.15, 0.2) is 0 Å². The fourth-order valence-corrected chi connectivity index (χ4v) is 344. The van der Waals surface area contributed by atoms with Crippen molar-refractivity contribution in [3.63, 3.8) is 0 Å². The minimum absolute atomic E-state index is 0.00994. The Morgan fingerprint density at radius 1 is 0.370 bits per heavy atom. The summed E-state index contributed by atoms with van der Waals surface area (Å²) in [5.74, 6) is 0. The maximum absolute atomic E-state index is 4.01. The molecule has 164 valence electrons. The van der Waals surface area contributed by atoms with Gasteiger partial charge in [-0.25, -0.2) is 0 Å². The first kappa shape index (κ1) is 38.6. The lowest BCUT2D eigenvalue weighted by Gasteiger charge is -2.51. The lowest BCUT2D eigenvalue weighted by molar-refractivity contribution is 4.44. The molecule has 0 aromatic rings. The standard InChI is InChI=1S/H28P27/c1-15-22(14)26(23(16(2)3)17(4)5)27(24(18(6)7)19(8)9)25(20(10)11)21(12)13/h1,15H,2-14H2/q-1. The van der Waals surface area contributed by atoms with E-state index in [1.54, 1.807) is 0 Å². The molecular weight excluding hydrogens is 836 g/mol. The second-order valence-corrected chi connectivity index (χ2v) is 110. The molecule has 0 aliphatic rings. The first-order chi connectivity index (χ1) is 12.3. The van der Waals surface area contributed by atoms with E-state index in [9.17, 15) is 0 Å². The number of rotatable bonds is 12. The highest BCUT2D eigenvalue weighted by molar-refractivity contribution is 9.42. The zero-order valence-electron chi connectivity index (χ0n) is 13.9. The van der Waals surface area contributed by atoms with Crippen LogP contribution in [0.1, 0.15) is 0 Å². The molecule has 0 aliphatic carbocycles. The van der Waals surface area contributed by atoms with Gasteiger partial charge in [-0.05, 0) is 76.9 Å². The molecule has 0 fully saturated rings. The Morgan fingerprint density at radius 3 is 0.778 bits per heavy atom. The van der Waals surface area contributed by atoms with Crippen LogP contribution < -0.4 is 0 Å². The van der Waals surface area contributed by atoms with E-state index in [0.29, 0.717) is 0 Å². The molecular formula is H28P27-. The topological polar surface area (TPSA) is 0 Å². The quantitative estimate of drug-likeness (QED) is 0.172. The van der Waals surface area contributed by atoms with E-state index >= 15 is 0 Å². The van der Waals surface area contributed by atoms with E-state index in [1.807, 2.05) is 0 Å². The Balaban J connectivity index is 6.66. The van der Waals surface area contributed by atoms with Gasteiger partial charge in [-0.3, -0.25) is 7.96 Å². The molecule has 0 amide bonds. The SMILES string of the molecule is [PH-]PP(P)P(P(P(P)P)P(P)P)P(P(P(P)P)P(P)P)P(P(P)P)P(P)P. The first-order valence-corrected chi connectivity index (χ1v) is 54.3. The molecule has 0 rings (SSSR count). The predicted molar refractivity (Wildman–Crippen MR) is 226 cm³/mol. The summed E-state index contributed by atoms with van der Waals surface area (Å²) in [7, 11) is 47.2. The fraction of sp³-hybridized carbons (Fsp3) is 0. The molecule has 0 spiro atoms. The van der Waals surface area contributed by atoms with Crippen LogP contribution in [0.3, 0.4) is 0 Å². The maximum Gasteiger partial charge on any atom is -0.000498 e. The molecule has 0 saturated carbocycles. The summed E-state index contributed by atoms with van der Waals surface area (Å²) in [6, 6.07) is 0. The van der Waals surface area contributed by atoms with Crippen molar-refractivity contribution in [3.05, 3.63) is 0 Å². The van der Waals surface area contributed by atoms with Crippen LogP contribution in [0.5, 0.6) is 0 Å². The smallest absolute Gasteiger partial charge is 0.000498 e. The Morgan fingerprint density at radius 2 is 0.593 bits per heavy atom. The number of hydrogen-bond acceptors (Lipinski definition) is 0. The van der Waals surface area contributed by atoms with Gasteiger partial charge >= 0.3 is 0 Å². The summed E-state index contributed by atoms with van der Waals surface area (Å²) in [5, 5.41) is 0. The Labute approximate surface area is 214 Å². The summed E-state index contributed by atoms with van der Waals surface area (Å²) in [4.78, 5) is 0. The van der Waals surface area contributed by atoms with Gasteiger partial charge in [0, 0.05) is 0 Å². The minimum Gasteiger partial charge on any atom is -0.524 e. The third kappa shape index (κ3) is 14.4. The summed E-state index contributed by atoms with van der Waals surface area (Å²) in [6.07, 6.45) is 0. The van der Waals surface area contributed by atoms with Crippen molar-refractivity contribution in [2.45, 2.75) is 0 Å². The van der Waals surface area contributed by atoms with Crippen molar-refractivity contribution in [1.29, 1.82) is 0 Å². The molecule has 0 aromatic carbocycles. The summed E-state index contributed by atoms with van der Waals surface area (Å²) < 4.78 is 0. The molecule has 16 unspecified atom stereocenters. The van der Waals surface area contributed by atoms with Crippen LogP contribution >= 0.6 is 217 Å². The average molecular weight is 865 g/mol. The van der Waals surface area contributed by atoms with Crippen LogP contribution in [0.2, 0.25) is 0 Å². The van der Waals surface area contributed by atoms with Crippen molar-refractivity contribution < 1.29 is 0 Å². The van der Waals surface area contributed by atoms with E-state index < -0.39 is 0 Å². The van der Waals surface area contributed by atoms with Gasteiger partial charge in [0.1, 0.15) is 0 Å². The normalized spacial score (nSPS) is 16.4. The monoisotopic (exact) mass is 865 g/mol. The van der Waals surface area contributed by atoms with Gasteiger partial charge in [-0.2, -0.15) is 0 Å². The zero-order chi connectivity index (χ0) is 21.6. The van der Waals surface area contributed by atoms with Gasteiger partial charge in [0.05, 0.1) is 0 Å². The maximum atomic E-state index is 4.01. The minimum atomic E-state index is -0.0342. The predicted octanol–water partition coefficient (Wildman–Crippen LogP) is 15.8. The van der Waals surface area contributed by atoms with E-state index in [0.717, 1.165) is 7.96 Å². The highest BCUT2D eigenvalue weighted by Crippen LogP contribution is 3.36. The molecule has 27 heavy (non-hydrogen) atoms. The molecule has 0 aromatic heterocycles. The highest BCUT2D eigenvalue weighted by atomic mass is 33.5. The molecule has 0 bridgehead atoms. The Hall–Kier alpha value is 11.6. The van der Waals surface area contributed by atoms with Crippen molar-refractivity contribution >= 4 is 217 Å². The van der Waals surface area contributed by atoms with E-state index in [2.05, 4.69) is 125 Å². The number of hydrogen-bond donors (Lipinski definition) is 0. The Kier molecular flexibility index (Phi) is 30.5. The van der Waals surface area contributed by atoms with Gasteiger partial charge in [-0.1, -0.05) is 6.99 Å². The van der Waals surface area contributed by atoms with Gasteiger partial charge < -0.3 is 8.93 Å². The first-order valence-electron chi connectivity index (χ1n) is 6.03. The zero-order valence-corrected chi connectivity index (χ0v) is 41.6. The Bertz CT molecular complexity index is 329. The van der Waals surface area contributed by atoms with Crippen molar-refractivity contribution in [1.82, 2.24) is 0 Å². The van der Waals surface area contributed by atoms with Gasteiger partial charge in [0.15, 0.2) is 0 Å². The second-order valence-electron chi connectivity index (χ2n) is 4.08. The third-order valence-corrected chi connectivity index (χ3v) is 177. The molecule has 0 aliphatic heterocycles. The van der Waals surface area contributed by atoms with Crippen molar-refractivity contribution in [3.8, 4) is 0 Å². The summed E-state index contributed by atoms with van der Waals surface area (Å²) >= 11 is 0. The highest BCUT2D eigenvalue weighted by Gasteiger charge is 2.47. The second kappa shape index (κ2) is 21.3. The average Bonchev–Trinajstić information content (AvgIpc) is 2.48. The van der Waals surface area contributed by atoms with Crippen LogP contribution in [0.4, 0.5) is 0 Å². The molecule has 0 radical (unpaired) electrons. The molecule has 27 heteroatoms. The fourth-order valence-electron chi connectivity index (χ4n) is 1.42. The van der Waals surface area contributed by atoms with Crippen molar-refractivity contribution in [2.75, 3.05) is 0 Å². The lowest BCUT2D eigenvalue weighted by Crippen LogP contribution is -1.62. The van der Waals surface area contributed by atoms with Gasteiger partial charge in [0.2, 0.25) is 0 Å². The molecule has 0 N–H and O–H groups in total. The van der Waals surface area contributed by atoms with E-state index in [4.69, 9.17) is 0 Å². The molecule has 0 saturated heterocycles. The van der Waals surface area contributed by atoms with Gasteiger partial charge in [-0.15, -0.1) is 116 Å². The van der Waals surface area contributed by atoms with Crippen LogP contribution in [0, 0.1) is 0 Å². The molecule has 0 nitrogen and oxygen atoms in total. The lowest BCUT2D eigenvalue weighted by atomic mass is 28.5. The van der Waals surface area contributed by atoms with E-state index in [1.165, 1.54) is 0 Å². The largest absolute Gasteiger partial charge is 0.524 e. The van der Waals surface area contributed by atoms with Crippen LogP contribution in [-0.2, 0) is 0 Å². The molecule has 0 heterocycles. The summed E-state index contributed by atoms with van der Waals surface area (Å²) in [6.45, 7) is 0.160. The van der Waals surface area contributed by atoms with Crippen LogP contribution in [0.25, 0.3) is 0 Å². The third-order valence-electron chi connectivity index (χ3n) is 2.19. The van der Waals surface area contributed by atoms with Crippen molar-refractivity contribution in [2.24, 2.45) is 0 Å². The van der Waals surface area contributed by atoms with Crippen LogP contribution in [-0.4, -0.2) is 0 Å². The summed E-state index contributed by atoms with van der Waals surface area (Å²) in [5.41, 5.74) is 0. The van der Waals surface area contributed by atoms with E-state index in [-0.39, 0.29) is 83.8 Å². The molecule has 16 atom stereocenters. The van der Waals surface area contributed by atoms with Gasteiger partial charge in [0.25, 0.3) is 0 Å².